The first-order valence-electron chi connectivity index (χ1n) is 6.59. The van der Waals surface area contributed by atoms with E-state index < -0.39 is 11.6 Å². The van der Waals surface area contributed by atoms with Gasteiger partial charge in [-0.2, -0.15) is 0 Å². The Bertz CT molecular complexity index is 589. The van der Waals surface area contributed by atoms with Gasteiger partial charge in [0.05, 0.1) is 22.2 Å². The Morgan fingerprint density at radius 2 is 1.96 bits per heavy atom. The summed E-state index contributed by atoms with van der Waals surface area (Å²) in [6.45, 7) is 0.511. The molecule has 0 aromatic heterocycles. The zero-order valence-corrected chi connectivity index (χ0v) is 17.7. The average molecular weight is 511 g/mol. The minimum Gasteiger partial charge on any atom is -0.491 e. The summed E-state index contributed by atoms with van der Waals surface area (Å²) < 4.78 is 38.2. The number of hydrogen-bond donors (Lipinski definition) is 0. The zero-order chi connectivity index (χ0) is 16.3. The average Bonchev–Trinajstić information content (AvgIpc) is 2.47. The fraction of sp³-hybridized carbons (Fsp3) is 0.400. The molecule has 8 heteroatoms. The first-order chi connectivity index (χ1) is 10.5. The van der Waals surface area contributed by atoms with Crippen LogP contribution in [0.5, 0.6) is 5.75 Å². The molecule has 1 heterocycles. The maximum Gasteiger partial charge on any atom is 0.235 e. The van der Waals surface area contributed by atoms with Crippen molar-refractivity contribution in [3.63, 3.8) is 0 Å². The molecule has 1 aliphatic heterocycles. The molecule has 1 amide bonds. The van der Waals surface area contributed by atoms with E-state index in [-0.39, 0.29) is 66.2 Å². The van der Waals surface area contributed by atoms with Crippen molar-refractivity contribution in [3.8, 4) is 5.75 Å². The van der Waals surface area contributed by atoms with Gasteiger partial charge in [-0.25, -0.2) is 14.9 Å². The SMILES string of the molecule is COCCOc1cc(F)c(C2=[C-]CC(I)C(=O)N2C)c(F)c1.[Y]. The van der Waals surface area contributed by atoms with Gasteiger partial charge in [0.1, 0.15) is 12.4 Å². The third-order valence-electron chi connectivity index (χ3n) is 3.19. The minimum absolute atomic E-state index is 0. The number of carbonyl (C=O) groups excluding carboxylic acids is 1. The van der Waals surface area contributed by atoms with Crippen molar-refractivity contribution in [2.45, 2.75) is 10.3 Å². The topological polar surface area (TPSA) is 38.8 Å². The molecule has 1 aromatic rings. The van der Waals surface area contributed by atoms with Crippen molar-refractivity contribution in [2.24, 2.45) is 0 Å². The molecule has 1 unspecified atom stereocenters. The second-order valence-corrected chi connectivity index (χ2v) is 6.20. The van der Waals surface area contributed by atoms with Crippen LogP contribution >= 0.6 is 22.6 Å². The van der Waals surface area contributed by atoms with Crippen molar-refractivity contribution in [1.29, 1.82) is 0 Å². The molecule has 0 bridgehead atoms. The Morgan fingerprint density at radius 3 is 2.52 bits per heavy atom. The van der Waals surface area contributed by atoms with Crippen LogP contribution in [0.15, 0.2) is 12.1 Å². The molecule has 0 saturated carbocycles. The summed E-state index contributed by atoms with van der Waals surface area (Å²) in [4.78, 5) is 13.2. The van der Waals surface area contributed by atoms with E-state index in [0.717, 1.165) is 12.1 Å². The van der Waals surface area contributed by atoms with E-state index in [1.807, 2.05) is 22.6 Å². The van der Waals surface area contributed by atoms with Crippen molar-refractivity contribution in [1.82, 2.24) is 4.90 Å². The van der Waals surface area contributed by atoms with Gasteiger partial charge in [-0.1, -0.05) is 34.6 Å². The first-order valence-corrected chi connectivity index (χ1v) is 7.84. The third-order valence-corrected chi connectivity index (χ3v) is 4.16. The molecule has 0 fully saturated rings. The minimum atomic E-state index is -0.790. The van der Waals surface area contributed by atoms with E-state index in [1.165, 1.54) is 19.1 Å². The Hall–Kier alpha value is -0.116. The van der Waals surface area contributed by atoms with E-state index in [1.54, 1.807) is 0 Å². The predicted molar refractivity (Wildman–Crippen MR) is 85.6 cm³/mol. The van der Waals surface area contributed by atoms with Crippen LogP contribution in [0.1, 0.15) is 12.0 Å². The van der Waals surface area contributed by atoms with E-state index in [4.69, 9.17) is 9.47 Å². The number of allylic oxidation sites excluding steroid dienone is 1. The molecule has 0 N–H and O–H groups in total. The second-order valence-electron chi connectivity index (χ2n) is 4.70. The van der Waals surface area contributed by atoms with Crippen LogP contribution in [0.2, 0.25) is 0 Å². The van der Waals surface area contributed by atoms with Gasteiger partial charge in [0.25, 0.3) is 0 Å². The van der Waals surface area contributed by atoms with Gasteiger partial charge < -0.3 is 14.4 Å². The van der Waals surface area contributed by atoms with Gasteiger partial charge in [0.2, 0.25) is 5.91 Å². The fourth-order valence-corrected chi connectivity index (χ4v) is 2.71. The summed E-state index contributed by atoms with van der Waals surface area (Å²) in [5, 5.41) is 0. The summed E-state index contributed by atoms with van der Waals surface area (Å²) in [6.07, 6.45) is 3.22. The van der Waals surface area contributed by atoms with E-state index in [0.29, 0.717) is 13.0 Å². The van der Waals surface area contributed by atoms with Crippen LogP contribution in [0.4, 0.5) is 8.78 Å². The number of hydrogen-bond acceptors (Lipinski definition) is 3. The van der Waals surface area contributed by atoms with Crippen LogP contribution in [-0.4, -0.2) is 42.1 Å². The maximum absolute atomic E-state index is 14.3. The molecule has 0 spiro atoms. The fourth-order valence-electron chi connectivity index (χ4n) is 2.07. The van der Waals surface area contributed by atoms with Crippen LogP contribution < -0.4 is 4.74 Å². The van der Waals surface area contributed by atoms with E-state index in [2.05, 4.69) is 6.08 Å². The molecule has 1 radical (unpaired) electrons. The number of alkyl halides is 1. The Balaban J connectivity index is 0.00000264. The van der Waals surface area contributed by atoms with Gasteiger partial charge in [-0.3, -0.25) is 4.79 Å². The molecule has 123 valence electrons. The van der Waals surface area contributed by atoms with Crippen LogP contribution in [0.3, 0.4) is 0 Å². The van der Waals surface area contributed by atoms with Crippen LogP contribution in [0, 0.1) is 17.7 Å². The van der Waals surface area contributed by atoms with Crippen molar-refractivity contribution >= 4 is 34.2 Å². The molecular weight excluding hydrogens is 496 g/mol. The predicted octanol–water partition coefficient (Wildman–Crippen LogP) is 2.80. The molecule has 0 aliphatic carbocycles. The normalized spacial score (nSPS) is 17.6. The summed E-state index contributed by atoms with van der Waals surface area (Å²) in [6, 6.07) is 2.19. The number of ether oxygens (including phenoxy) is 2. The van der Waals surface area contributed by atoms with Gasteiger partial charge in [-0.05, 0) is 12.1 Å². The van der Waals surface area contributed by atoms with E-state index in [9.17, 15) is 13.6 Å². The Kier molecular flexibility index (Phi) is 8.54. The summed E-state index contributed by atoms with van der Waals surface area (Å²) in [5.41, 5.74) is -0.144. The van der Waals surface area contributed by atoms with Crippen LogP contribution in [-0.2, 0) is 42.2 Å². The molecule has 0 saturated heterocycles. The van der Waals surface area contributed by atoms with Gasteiger partial charge in [-0.15, -0.1) is 5.70 Å². The standard InChI is InChI=1S/C15H15F2INO3.Y/c1-19-13(4-3-12(18)15(19)20)14-10(16)7-9(8-11(14)17)22-6-5-21-2;/h7-8,12H,3,5-6H2,1-2H3;/q-1;. The molecule has 1 aromatic carbocycles. The quantitative estimate of drug-likeness (QED) is 0.265. The zero-order valence-electron chi connectivity index (χ0n) is 12.7. The molecular formula is C15H15F2INO3Y-. The molecule has 1 atom stereocenters. The third kappa shape index (κ3) is 4.93. The van der Waals surface area contributed by atoms with Crippen LogP contribution in [0.25, 0.3) is 5.70 Å². The van der Waals surface area contributed by atoms with Gasteiger partial charge in [0, 0.05) is 46.9 Å². The van der Waals surface area contributed by atoms with E-state index >= 15 is 0 Å². The smallest absolute Gasteiger partial charge is 0.235 e. The number of halogens is 3. The largest absolute Gasteiger partial charge is 0.491 e. The number of rotatable bonds is 5. The number of nitrogens with zero attached hydrogens (tertiary/aromatic N) is 1. The monoisotopic (exact) mass is 511 g/mol. The number of methoxy groups -OCH3 is 1. The van der Waals surface area contributed by atoms with Crippen molar-refractivity contribution < 1.29 is 55.8 Å². The molecule has 23 heavy (non-hydrogen) atoms. The maximum atomic E-state index is 14.3. The van der Waals surface area contributed by atoms with Crippen molar-refractivity contribution in [2.75, 3.05) is 27.4 Å². The van der Waals surface area contributed by atoms with Crippen molar-refractivity contribution in [3.05, 3.63) is 35.4 Å². The summed E-state index contributed by atoms with van der Waals surface area (Å²) in [7, 11) is 2.99. The van der Waals surface area contributed by atoms with Gasteiger partial charge in [0.15, 0.2) is 0 Å². The Morgan fingerprint density at radius 1 is 1.35 bits per heavy atom. The Labute approximate surface area is 172 Å². The summed E-state index contributed by atoms with van der Waals surface area (Å²) >= 11 is 1.98. The molecule has 1 aliphatic rings. The number of benzene rings is 1. The molecule has 2 rings (SSSR count). The second kappa shape index (κ2) is 9.39. The summed E-state index contributed by atoms with van der Waals surface area (Å²) in [5.74, 6) is -1.70. The first kappa shape index (κ1) is 20.9. The number of carbonyl (C=O) groups is 1. The van der Waals surface area contributed by atoms with Gasteiger partial charge >= 0.3 is 0 Å². The number of amides is 1. The molecule has 4 nitrogen and oxygen atoms in total.